The van der Waals surface area contributed by atoms with Gasteiger partial charge in [-0.2, -0.15) is 0 Å². The van der Waals surface area contributed by atoms with Gasteiger partial charge in [0.25, 0.3) is 0 Å². The van der Waals surface area contributed by atoms with Crippen LogP contribution in [0.1, 0.15) is 62.5 Å². The topological polar surface area (TPSA) is 0 Å². The Kier molecular flexibility index (Phi) is 5.56. The molecule has 126 valence electrons. The summed E-state index contributed by atoms with van der Waals surface area (Å²) in [6.45, 7) is 6.14. The van der Waals surface area contributed by atoms with Crippen molar-refractivity contribution in [3.63, 3.8) is 0 Å². The average molecular weight is 322 g/mol. The van der Waals surface area contributed by atoms with E-state index in [1.165, 1.54) is 25.7 Å². The van der Waals surface area contributed by atoms with Crippen LogP contribution in [0, 0.1) is 35.4 Å². The summed E-state index contributed by atoms with van der Waals surface area (Å²) in [7, 11) is 0. The number of rotatable bonds is 2. The summed E-state index contributed by atoms with van der Waals surface area (Å²) in [5.41, 5.74) is 1.68. The summed E-state index contributed by atoms with van der Waals surface area (Å²) in [6.07, 6.45) is 13.3. The Morgan fingerprint density at radius 2 is 1.88 bits per heavy atom. The van der Waals surface area contributed by atoms with Gasteiger partial charge in [0.05, 0.1) is 5.56 Å². The summed E-state index contributed by atoms with van der Waals surface area (Å²) in [4.78, 5) is 0. The summed E-state index contributed by atoms with van der Waals surface area (Å²) in [5, 5.41) is 0. The molecule has 1 fully saturated rings. The quantitative estimate of drug-likeness (QED) is 0.446. The van der Waals surface area contributed by atoms with E-state index in [2.05, 4.69) is 43.6 Å². The van der Waals surface area contributed by atoms with E-state index in [4.69, 9.17) is 0 Å². The molecule has 0 aromatic heterocycles. The smallest absolute Gasteiger partial charge is 0.139 e. The molecule has 0 aliphatic heterocycles. The Morgan fingerprint density at radius 1 is 1.08 bits per heavy atom. The van der Waals surface area contributed by atoms with Crippen LogP contribution in [0.3, 0.4) is 0 Å². The highest BCUT2D eigenvalue weighted by Crippen LogP contribution is 2.35. The number of halogens is 1. The molecule has 0 spiro atoms. The Hall–Kier alpha value is -1.81. The van der Waals surface area contributed by atoms with Crippen molar-refractivity contribution in [1.82, 2.24) is 0 Å². The van der Waals surface area contributed by atoms with Gasteiger partial charge in [-0.1, -0.05) is 55.9 Å². The maximum absolute atomic E-state index is 14.4. The van der Waals surface area contributed by atoms with Gasteiger partial charge in [-0.15, -0.1) is 6.58 Å². The first-order chi connectivity index (χ1) is 11.7. The zero-order chi connectivity index (χ0) is 16.9. The van der Waals surface area contributed by atoms with Crippen LogP contribution in [0.15, 0.2) is 43.0 Å². The van der Waals surface area contributed by atoms with E-state index in [1.54, 1.807) is 6.07 Å². The first-order valence-corrected chi connectivity index (χ1v) is 9.27. The Balaban J connectivity index is 1.68. The van der Waals surface area contributed by atoms with Gasteiger partial charge >= 0.3 is 0 Å². The van der Waals surface area contributed by atoms with Crippen LogP contribution in [0.25, 0.3) is 0 Å². The number of hydrogen-bond acceptors (Lipinski definition) is 0. The highest BCUT2D eigenvalue weighted by atomic mass is 19.1. The van der Waals surface area contributed by atoms with Crippen molar-refractivity contribution in [3.05, 3.63) is 60.0 Å². The zero-order valence-corrected chi connectivity index (χ0v) is 14.6. The molecule has 0 heterocycles. The number of allylic oxidation sites excluding steroid dienone is 3. The molecule has 2 unspecified atom stereocenters. The van der Waals surface area contributed by atoms with Crippen molar-refractivity contribution < 1.29 is 4.39 Å². The molecular weight excluding hydrogens is 295 g/mol. The zero-order valence-electron chi connectivity index (χ0n) is 14.6. The average Bonchev–Trinajstić information content (AvgIpc) is 2.62. The highest BCUT2D eigenvalue weighted by Gasteiger charge is 2.20. The molecule has 1 saturated carbocycles. The molecule has 0 nitrogen and oxygen atoms in total. The molecule has 1 heteroatoms. The molecule has 1 aromatic carbocycles. The van der Waals surface area contributed by atoms with Crippen molar-refractivity contribution in [2.24, 2.45) is 17.8 Å². The van der Waals surface area contributed by atoms with Gasteiger partial charge in [-0.25, -0.2) is 4.39 Å². The molecule has 2 aliphatic rings. The minimum Gasteiger partial charge on any atom is -0.206 e. The minimum atomic E-state index is -0.164. The van der Waals surface area contributed by atoms with E-state index in [1.807, 2.05) is 12.1 Å². The third-order valence-electron chi connectivity index (χ3n) is 5.58. The molecule has 0 saturated heterocycles. The molecule has 0 radical (unpaired) electrons. The highest BCUT2D eigenvalue weighted by molar-refractivity contribution is 5.39. The van der Waals surface area contributed by atoms with E-state index < -0.39 is 0 Å². The maximum atomic E-state index is 14.4. The van der Waals surface area contributed by atoms with Crippen LogP contribution >= 0.6 is 0 Å². The molecule has 0 bridgehead atoms. The van der Waals surface area contributed by atoms with Gasteiger partial charge in [0, 0.05) is 5.92 Å². The summed E-state index contributed by atoms with van der Waals surface area (Å²) >= 11 is 0. The second-order valence-electron chi connectivity index (χ2n) is 7.43. The van der Waals surface area contributed by atoms with E-state index in [0.29, 0.717) is 17.4 Å². The van der Waals surface area contributed by atoms with Crippen LogP contribution < -0.4 is 0 Å². The van der Waals surface area contributed by atoms with Gasteiger partial charge in [0.1, 0.15) is 5.82 Å². The van der Waals surface area contributed by atoms with Crippen molar-refractivity contribution >= 4 is 0 Å². The van der Waals surface area contributed by atoms with Crippen LogP contribution in [-0.4, -0.2) is 0 Å². The standard InChI is InChI=1S/C23H27F/c1-3-18-6-8-19(9-7-18)10-13-21-14-15-22(16-23(21)24)20-11-4-17(2)5-12-20/h3,6,8,14-20H,1,4-5,7,9,11-12H2,2H3. The Labute approximate surface area is 145 Å². The van der Waals surface area contributed by atoms with E-state index >= 15 is 0 Å². The van der Waals surface area contributed by atoms with Crippen LogP contribution in [0.4, 0.5) is 4.39 Å². The lowest BCUT2D eigenvalue weighted by atomic mass is 9.79. The van der Waals surface area contributed by atoms with Crippen LogP contribution in [0.2, 0.25) is 0 Å². The van der Waals surface area contributed by atoms with Crippen LogP contribution in [0.5, 0.6) is 0 Å². The fraction of sp³-hybridized carbons (Fsp3) is 0.478. The van der Waals surface area contributed by atoms with Gasteiger partial charge in [-0.05, 0) is 61.1 Å². The molecule has 0 amide bonds. The number of hydrogen-bond donors (Lipinski definition) is 0. The Morgan fingerprint density at radius 3 is 2.50 bits per heavy atom. The molecule has 0 N–H and O–H groups in total. The van der Waals surface area contributed by atoms with Crippen molar-refractivity contribution in [2.45, 2.75) is 51.4 Å². The lowest BCUT2D eigenvalue weighted by Gasteiger charge is -2.26. The second-order valence-corrected chi connectivity index (χ2v) is 7.43. The number of benzene rings is 1. The first kappa shape index (κ1) is 17.0. The van der Waals surface area contributed by atoms with Gasteiger partial charge < -0.3 is 0 Å². The summed E-state index contributed by atoms with van der Waals surface area (Å²) in [6, 6.07) is 5.67. The summed E-state index contributed by atoms with van der Waals surface area (Å²) < 4.78 is 14.4. The fourth-order valence-electron chi connectivity index (χ4n) is 3.81. The van der Waals surface area contributed by atoms with Crippen molar-refractivity contribution in [1.29, 1.82) is 0 Å². The molecule has 1 aromatic rings. The van der Waals surface area contributed by atoms with Gasteiger partial charge in [-0.3, -0.25) is 0 Å². The SMILES string of the molecule is C=CC1C=CC(C#Cc2ccc(C3CCC(C)CC3)cc2F)CC1. The van der Waals surface area contributed by atoms with Crippen LogP contribution in [-0.2, 0) is 0 Å². The van der Waals surface area contributed by atoms with E-state index in [-0.39, 0.29) is 11.7 Å². The molecule has 2 atom stereocenters. The lowest BCUT2D eigenvalue weighted by Crippen LogP contribution is -2.11. The van der Waals surface area contributed by atoms with Gasteiger partial charge in [0.15, 0.2) is 0 Å². The maximum Gasteiger partial charge on any atom is 0.139 e. The third kappa shape index (κ3) is 4.18. The lowest BCUT2D eigenvalue weighted by molar-refractivity contribution is 0.347. The molecular formula is C23H27F. The fourth-order valence-corrected chi connectivity index (χ4v) is 3.81. The molecule has 2 aliphatic carbocycles. The van der Waals surface area contributed by atoms with Gasteiger partial charge in [0.2, 0.25) is 0 Å². The minimum absolute atomic E-state index is 0.164. The van der Waals surface area contributed by atoms with E-state index in [0.717, 1.165) is 24.3 Å². The third-order valence-corrected chi connectivity index (χ3v) is 5.58. The summed E-state index contributed by atoms with van der Waals surface area (Å²) in [5.74, 6) is 8.15. The predicted molar refractivity (Wildman–Crippen MR) is 99.2 cm³/mol. The largest absolute Gasteiger partial charge is 0.206 e. The van der Waals surface area contributed by atoms with Crippen molar-refractivity contribution in [3.8, 4) is 11.8 Å². The first-order valence-electron chi connectivity index (χ1n) is 9.27. The predicted octanol–water partition coefficient (Wildman–Crippen LogP) is 6.24. The Bertz CT molecular complexity index is 665. The molecule has 24 heavy (non-hydrogen) atoms. The van der Waals surface area contributed by atoms with E-state index in [9.17, 15) is 4.39 Å². The van der Waals surface area contributed by atoms with Crippen molar-refractivity contribution in [2.75, 3.05) is 0 Å². The second kappa shape index (κ2) is 7.84. The molecule has 3 rings (SSSR count). The normalized spacial score (nSPS) is 29.6. The monoisotopic (exact) mass is 322 g/mol.